The standard InChI is InChI=1S/C14H22N2O3/c1-3-10(7-8-17)9-16-14(18)11-5-4-6-12(19-2)13(11)15/h4-6,10,17H,3,7-9,15H2,1-2H3,(H,16,18). The van der Waals surface area contributed by atoms with Gasteiger partial charge in [-0.25, -0.2) is 0 Å². The van der Waals surface area contributed by atoms with E-state index in [4.69, 9.17) is 15.6 Å². The van der Waals surface area contributed by atoms with Crippen LogP contribution in [0.3, 0.4) is 0 Å². The summed E-state index contributed by atoms with van der Waals surface area (Å²) in [7, 11) is 1.52. The number of carbonyl (C=O) groups excluding carboxylic acids is 1. The second-order valence-corrected chi connectivity index (χ2v) is 4.42. The Bertz CT molecular complexity index is 421. The van der Waals surface area contributed by atoms with Gasteiger partial charge in [0.05, 0.1) is 18.4 Å². The summed E-state index contributed by atoms with van der Waals surface area (Å²) in [6.45, 7) is 2.70. The smallest absolute Gasteiger partial charge is 0.253 e. The molecule has 5 heteroatoms. The van der Waals surface area contributed by atoms with Crippen LogP contribution in [0.1, 0.15) is 30.1 Å². The number of carbonyl (C=O) groups is 1. The van der Waals surface area contributed by atoms with E-state index in [0.29, 0.717) is 30.0 Å². The number of aliphatic hydroxyl groups excluding tert-OH is 1. The van der Waals surface area contributed by atoms with Crippen LogP contribution in [-0.4, -0.2) is 31.3 Å². The van der Waals surface area contributed by atoms with Gasteiger partial charge in [-0.2, -0.15) is 0 Å². The van der Waals surface area contributed by atoms with Gasteiger partial charge in [-0.1, -0.05) is 19.4 Å². The third-order valence-corrected chi connectivity index (χ3v) is 3.20. The van der Waals surface area contributed by atoms with E-state index in [2.05, 4.69) is 5.32 Å². The number of ether oxygens (including phenoxy) is 1. The second kappa shape index (κ2) is 7.63. The zero-order valence-electron chi connectivity index (χ0n) is 11.5. The minimum absolute atomic E-state index is 0.135. The molecule has 1 aromatic carbocycles. The summed E-state index contributed by atoms with van der Waals surface area (Å²) in [5, 5.41) is 11.8. The van der Waals surface area contributed by atoms with E-state index in [1.807, 2.05) is 6.92 Å². The van der Waals surface area contributed by atoms with Crippen LogP contribution in [0.25, 0.3) is 0 Å². The van der Waals surface area contributed by atoms with E-state index < -0.39 is 0 Å². The highest BCUT2D eigenvalue weighted by Crippen LogP contribution is 2.24. The van der Waals surface area contributed by atoms with Crippen molar-refractivity contribution < 1.29 is 14.6 Å². The molecule has 0 fully saturated rings. The monoisotopic (exact) mass is 266 g/mol. The first-order chi connectivity index (χ1) is 9.13. The zero-order chi connectivity index (χ0) is 14.3. The van der Waals surface area contributed by atoms with Gasteiger partial charge in [-0.15, -0.1) is 0 Å². The predicted octanol–water partition coefficient (Wildman–Crippen LogP) is 1.42. The molecule has 0 heterocycles. The van der Waals surface area contributed by atoms with Crippen LogP contribution in [0.2, 0.25) is 0 Å². The first-order valence-electron chi connectivity index (χ1n) is 6.45. The number of para-hydroxylation sites is 1. The summed E-state index contributed by atoms with van der Waals surface area (Å²) in [6.07, 6.45) is 1.60. The Morgan fingerprint density at radius 2 is 2.26 bits per heavy atom. The third kappa shape index (κ3) is 4.13. The van der Waals surface area contributed by atoms with E-state index in [1.165, 1.54) is 7.11 Å². The molecule has 1 unspecified atom stereocenters. The SMILES string of the molecule is CCC(CCO)CNC(=O)c1cccc(OC)c1N. The number of hydrogen-bond acceptors (Lipinski definition) is 4. The van der Waals surface area contributed by atoms with Crippen LogP contribution in [0.15, 0.2) is 18.2 Å². The summed E-state index contributed by atoms with van der Waals surface area (Å²) in [5.74, 6) is 0.559. The molecule has 19 heavy (non-hydrogen) atoms. The minimum Gasteiger partial charge on any atom is -0.495 e. The summed E-state index contributed by atoms with van der Waals surface area (Å²) < 4.78 is 5.08. The number of methoxy groups -OCH3 is 1. The maximum atomic E-state index is 12.0. The number of nitrogen functional groups attached to an aromatic ring is 1. The molecule has 1 rings (SSSR count). The number of rotatable bonds is 7. The first-order valence-corrected chi connectivity index (χ1v) is 6.45. The van der Waals surface area contributed by atoms with Gasteiger partial charge in [0.1, 0.15) is 5.75 Å². The molecule has 1 atom stereocenters. The summed E-state index contributed by atoms with van der Waals surface area (Å²) >= 11 is 0. The molecule has 0 aliphatic carbocycles. The van der Waals surface area contributed by atoms with Crippen molar-refractivity contribution in [3.63, 3.8) is 0 Å². The molecule has 0 aromatic heterocycles. The summed E-state index contributed by atoms with van der Waals surface area (Å²) in [4.78, 5) is 12.0. The van der Waals surface area contributed by atoms with Crippen molar-refractivity contribution in [2.75, 3.05) is 26.0 Å². The average Bonchev–Trinajstić information content (AvgIpc) is 2.43. The molecule has 0 aliphatic heterocycles. The molecule has 1 aromatic rings. The van der Waals surface area contributed by atoms with Gasteiger partial charge in [0.25, 0.3) is 5.91 Å². The summed E-state index contributed by atoms with van der Waals surface area (Å²) in [6, 6.07) is 5.11. The zero-order valence-corrected chi connectivity index (χ0v) is 11.5. The first kappa shape index (κ1) is 15.3. The highest BCUT2D eigenvalue weighted by molar-refractivity contribution is 6.00. The topological polar surface area (TPSA) is 84.6 Å². The molecule has 1 amide bonds. The van der Waals surface area contributed by atoms with Gasteiger partial charge in [0.2, 0.25) is 0 Å². The predicted molar refractivity (Wildman–Crippen MR) is 75.2 cm³/mol. The fourth-order valence-electron chi connectivity index (χ4n) is 1.89. The highest BCUT2D eigenvalue weighted by atomic mass is 16.5. The molecule has 0 bridgehead atoms. The summed E-state index contributed by atoms with van der Waals surface area (Å²) in [5.41, 5.74) is 6.63. The van der Waals surface area contributed by atoms with Crippen LogP contribution < -0.4 is 15.8 Å². The molecule has 0 saturated heterocycles. The van der Waals surface area contributed by atoms with Crippen LogP contribution >= 0.6 is 0 Å². The molecule has 4 N–H and O–H groups in total. The number of anilines is 1. The molecular formula is C14H22N2O3. The molecule has 5 nitrogen and oxygen atoms in total. The largest absolute Gasteiger partial charge is 0.495 e. The van der Waals surface area contributed by atoms with Crippen LogP contribution in [0.5, 0.6) is 5.75 Å². The minimum atomic E-state index is -0.215. The van der Waals surface area contributed by atoms with Crippen molar-refractivity contribution in [2.24, 2.45) is 5.92 Å². The lowest BCUT2D eigenvalue weighted by atomic mass is 10.0. The second-order valence-electron chi connectivity index (χ2n) is 4.42. The van der Waals surface area contributed by atoms with Crippen molar-refractivity contribution in [1.82, 2.24) is 5.32 Å². The van der Waals surface area contributed by atoms with Crippen LogP contribution in [0.4, 0.5) is 5.69 Å². The number of nitrogens with two attached hydrogens (primary N) is 1. The normalized spacial score (nSPS) is 11.9. The van der Waals surface area contributed by atoms with E-state index >= 15 is 0 Å². The third-order valence-electron chi connectivity index (χ3n) is 3.20. The fourth-order valence-corrected chi connectivity index (χ4v) is 1.89. The Hall–Kier alpha value is -1.75. The Labute approximate surface area is 113 Å². The Morgan fingerprint density at radius 1 is 1.53 bits per heavy atom. The van der Waals surface area contributed by atoms with Gasteiger partial charge in [0.15, 0.2) is 0 Å². The number of nitrogens with one attached hydrogen (secondary N) is 1. The van der Waals surface area contributed by atoms with Crippen molar-refractivity contribution >= 4 is 11.6 Å². The van der Waals surface area contributed by atoms with Gasteiger partial charge in [-0.05, 0) is 24.5 Å². The number of aliphatic hydroxyl groups is 1. The maximum absolute atomic E-state index is 12.0. The van der Waals surface area contributed by atoms with Gasteiger partial charge in [-0.3, -0.25) is 4.79 Å². The lowest BCUT2D eigenvalue weighted by molar-refractivity contribution is 0.0944. The fraction of sp³-hybridized carbons (Fsp3) is 0.500. The molecule has 0 radical (unpaired) electrons. The average molecular weight is 266 g/mol. The van der Waals surface area contributed by atoms with Crippen molar-refractivity contribution in [3.8, 4) is 5.75 Å². The number of hydrogen-bond donors (Lipinski definition) is 3. The number of benzene rings is 1. The van der Waals surface area contributed by atoms with Gasteiger partial charge in [0, 0.05) is 13.2 Å². The lowest BCUT2D eigenvalue weighted by Crippen LogP contribution is -2.30. The van der Waals surface area contributed by atoms with Gasteiger partial charge >= 0.3 is 0 Å². The quantitative estimate of drug-likeness (QED) is 0.652. The van der Waals surface area contributed by atoms with E-state index in [-0.39, 0.29) is 18.4 Å². The van der Waals surface area contributed by atoms with Crippen molar-refractivity contribution in [3.05, 3.63) is 23.8 Å². The molecule has 0 saturated carbocycles. The Morgan fingerprint density at radius 3 is 2.84 bits per heavy atom. The van der Waals surface area contributed by atoms with Gasteiger partial charge < -0.3 is 20.9 Å². The van der Waals surface area contributed by atoms with Crippen LogP contribution in [-0.2, 0) is 0 Å². The Kier molecular flexibility index (Phi) is 6.15. The van der Waals surface area contributed by atoms with E-state index in [1.54, 1.807) is 18.2 Å². The molecule has 0 aliphatic rings. The van der Waals surface area contributed by atoms with Crippen molar-refractivity contribution in [2.45, 2.75) is 19.8 Å². The van der Waals surface area contributed by atoms with E-state index in [9.17, 15) is 4.79 Å². The molecular weight excluding hydrogens is 244 g/mol. The van der Waals surface area contributed by atoms with E-state index in [0.717, 1.165) is 6.42 Å². The highest BCUT2D eigenvalue weighted by Gasteiger charge is 2.14. The van der Waals surface area contributed by atoms with Crippen LogP contribution in [0, 0.1) is 5.92 Å². The van der Waals surface area contributed by atoms with Crippen molar-refractivity contribution in [1.29, 1.82) is 0 Å². The maximum Gasteiger partial charge on any atom is 0.253 e. The molecule has 0 spiro atoms. The lowest BCUT2D eigenvalue weighted by Gasteiger charge is -2.15. The molecule has 106 valence electrons. The number of amides is 1. The Balaban J connectivity index is 2.68.